The number of anilines is 2. The van der Waals surface area contributed by atoms with Gasteiger partial charge in [-0.3, -0.25) is 4.98 Å². The van der Waals surface area contributed by atoms with Gasteiger partial charge in [0.1, 0.15) is 11.6 Å². The monoisotopic (exact) mass is 403 g/mol. The van der Waals surface area contributed by atoms with E-state index in [9.17, 15) is 0 Å². The van der Waals surface area contributed by atoms with E-state index in [1.165, 1.54) is 5.56 Å². The maximum absolute atomic E-state index is 4.86. The molecule has 0 atom stereocenters. The Bertz CT molecular complexity index is 949. The Balaban J connectivity index is 1.46. The van der Waals surface area contributed by atoms with Gasteiger partial charge in [0.2, 0.25) is 0 Å². The van der Waals surface area contributed by atoms with Crippen LogP contribution in [-0.4, -0.2) is 65.1 Å². The van der Waals surface area contributed by atoms with Crippen molar-refractivity contribution in [3.05, 3.63) is 60.2 Å². The van der Waals surface area contributed by atoms with E-state index in [-0.39, 0.29) is 0 Å². The molecule has 156 valence electrons. The number of hydrogen-bond acceptors (Lipinski definition) is 7. The fourth-order valence-electron chi connectivity index (χ4n) is 3.68. The first-order valence-corrected chi connectivity index (χ1v) is 10.5. The normalized spacial score (nSPS) is 14.4. The fraction of sp³-hybridized carbons (Fsp3) is 0.391. The first kappa shape index (κ1) is 20.2. The summed E-state index contributed by atoms with van der Waals surface area (Å²) in [5.74, 6) is 2.82. The molecule has 0 bridgehead atoms. The van der Waals surface area contributed by atoms with Gasteiger partial charge in [-0.2, -0.15) is 0 Å². The number of hydrogen-bond donors (Lipinski definition) is 0. The molecule has 7 nitrogen and oxygen atoms in total. The zero-order chi connectivity index (χ0) is 20.9. The van der Waals surface area contributed by atoms with E-state index >= 15 is 0 Å². The fourth-order valence-corrected chi connectivity index (χ4v) is 3.68. The summed E-state index contributed by atoms with van der Waals surface area (Å²) in [5, 5.41) is 0. The Kier molecular flexibility index (Phi) is 6.18. The molecule has 0 aromatic carbocycles. The van der Waals surface area contributed by atoms with Crippen molar-refractivity contribution in [2.24, 2.45) is 0 Å². The van der Waals surface area contributed by atoms with Gasteiger partial charge < -0.3 is 14.7 Å². The highest BCUT2D eigenvalue weighted by molar-refractivity contribution is 5.57. The minimum atomic E-state index is 0.771. The van der Waals surface area contributed by atoms with Crippen molar-refractivity contribution in [1.29, 1.82) is 0 Å². The van der Waals surface area contributed by atoms with Gasteiger partial charge in [-0.1, -0.05) is 13.0 Å². The molecule has 0 amide bonds. The van der Waals surface area contributed by atoms with Crippen LogP contribution in [0.4, 0.5) is 11.6 Å². The van der Waals surface area contributed by atoms with Crippen LogP contribution >= 0.6 is 0 Å². The summed E-state index contributed by atoms with van der Waals surface area (Å²) in [5.41, 5.74) is 3.30. The number of aryl methyl sites for hydroxylation is 1. The van der Waals surface area contributed by atoms with Crippen LogP contribution in [0.2, 0.25) is 0 Å². The van der Waals surface area contributed by atoms with Crippen molar-refractivity contribution >= 4 is 11.6 Å². The molecular weight excluding hydrogens is 374 g/mol. The van der Waals surface area contributed by atoms with Gasteiger partial charge in [0.05, 0.1) is 0 Å². The van der Waals surface area contributed by atoms with Crippen LogP contribution in [-0.2, 0) is 13.0 Å². The molecule has 7 heteroatoms. The van der Waals surface area contributed by atoms with Crippen LogP contribution < -0.4 is 9.80 Å². The molecule has 0 unspecified atom stereocenters. The predicted molar refractivity (Wildman–Crippen MR) is 121 cm³/mol. The van der Waals surface area contributed by atoms with Gasteiger partial charge >= 0.3 is 0 Å². The summed E-state index contributed by atoms with van der Waals surface area (Å²) >= 11 is 0. The second-order valence-electron chi connectivity index (χ2n) is 7.87. The van der Waals surface area contributed by atoms with Crippen molar-refractivity contribution in [3.8, 4) is 11.4 Å². The van der Waals surface area contributed by atoms with Crippen molar-refractivity contribution in [2.75, 3.05) is 50.1 Å². The molecule has 4 rings (SSSR count). The van der Waals surface area contributed by atoms with Crippen LogP contribution in [0, 0.1) is 0 Å². The van der Waals surface area contributed by atoms with E-state index < -0.39 is 0 Å². The van der Waals surface area contributed by atoms with Gasteiger partial charge in [0, 0.05) is 68.6 Å². The Morgan fingerprint density at radius 1 is 0.900 bits per heavy atom. The van der Waals surface area contributed by atoms with Gasteiger partial charge in [0.15, 0.2) is 5.82 Å². The summed E-state index contributed by atoms with van der Waals surface area (Å²) in [6.45, 7) is 6.72. The molecule has 0 N–H and O–H groups in total. The number of aromatic nitrogens is 4. The van der Waals surface area contributed by atoms with Crippen molar-refractivity contribution in [2.45, 2.75) is 19.9 Å². The average Bonchev–Trinajstić information content (AvgIpc) is 2.79. The summed E-state index contributed by atoms with van der Waals surface area (Å²) in [7, 11) is 4.15. The van der Waals surface area contributed by atoms with E-state index in [0.29, 0.717) is 0 Å². The third kappa shape index (κ3) is 4.74. The lowest BCUT2D eigenvalue weighted by Crippen LogP contribution is -2.47. The van der Waals surface area contributed by atoms with E-state index in [1.807, 2.05) is 18.3 Å². The lowest BCUT2D eigenvalue weighted by molar-refractivity contribution is 0.402. The van der Waals surface area contributed by atoms with E-state index in [0.717, 1.165) is 67.9 Å². The van der Waals surface area contributed by atoms with Gasteiger partial charge in [-0.25, -0.2) is 15.0 Å². The SMILES string of the molecule is CCc1cc(N2CCN(c3ccc(CN(C)C)cn3)CC2)nc(-c2ccncc2)n1. The number of pyridine rings is 2. The second-order valence-corrected chi connectivity index (χ2v) is 7.87. The zero-order valence-electron chi connectivity index (χ0n) is 18.0. The Hall–Kier alpha value is -3.06. The lowest BCUT2D eigenvalue weighted by atomic mass is 10.2. The van der Waals surface area contributed by atoms with Crippen molar-refractivity contribution in [3.63, 3.8) is 0 Å². The summed E-state index contributed by atoms with van der Waals surface area (Å²) in [6, 6.07) is 10.3. The maximum Gasteiger partial charge on any atom is 0.161 e. The Morgan fingerprint density at radius 2 is 1.60 bits per heavy atom. The standard InChI is InChI=1S/C23H29N7/c1-4-20-15-22(27-23(26-20)19-7-9-24-10-8-19)30-13-11-29(12-14-30)21-6-5-18(16-25-21)17-28(2)3/h5-10,15-16H,4,11-14,17H2,1-3H3. The molecule has 1 aliphatic heterocycles. The molecule has 1 fully saturated rings. The van der Waals surface area contributed by atoms with Crippen molar-refractivity contribution < 1.29 is 0 Å². The Morgan fingerprint density at radius 3 is 2.20 bits per heavy atom. The number of piperazine rings is 1. The average molecular weight is 404 g/mol. The molecule has 0 aliphatic carbocycles. The molecule has 1 aliphatic rings. The zero-order valence-corrected chi connectivity index (χ0v) is 18.0. The van der Waals surface area contributed by atoms with Crippen LogP contribution in [0.15, 0.2) is 48.9 Å². The number of rotatable bonds is 6. The van der Waals surface area contributed by atoms with Gasteiger partial charge in [-0.05, 0) is 44.3 Å². The first-order chi connectivity index (χ1) is 14.6. The molecular formula is C23H29N7. The highest BCUT2D eigenvalue weighted by Gasteiger charge is 2.20. The molecule has 0 radical (unpaired) electrons. The van der Waals surface area contributed by atoms with E-state index in [1.54, 1.807) is 12.4 Å². The topological polar surface area (TPSA) is 61.3 Å². The summed E-state index contributed by atoms with van der Waals surface area (Å²) in [4.78, 5) is 25.2. The van der Waals surface area contributed by atoms with E-state index in [4.69, 9.17) is 9.97 Å². The van der Waals surface area contributed by atoms with Gasteiger partial charge in [-0.15, -0.1) is 0 Å². The third-order valence-corrected chi connectivity index (χ3v) is 5.30. The lowest BCUT2D eigenvalue weighted by Gasteiger charge is -2.36. The maximum atomic E-state index is 4.86. The molecule has 0 spiro atoms. The minimum absolute atomic E-state index is 0.771. The van der Waals surface area contributed by atoms with Crippen LogP contribution in [0.1, 0.15) is 18.2 Å². The quantitative estimate of drug-likeness (QED) is 0.627. The van der Waals surface area contributed by atoms with Crippen LogP contribution in [0.5, 0.6) is 0 Å². The highest BCUT2D eigenvalue weighted by atomic mass is 15.3. The molecule has 3 aromatic rings. The van der Waals surface area contributed by atoms with Gasteiger partial charge in [0.25, 0.3) is 0 Å². The smallest absolute Gasteiger partial charge is 0.161 e. The molecule has 1 saturated heterocycles. The Labute approximate surface area is 178 Å². The van der Waals surface area contributed by atoms with Crippen LogP contribution in [0.25, 0.3) is 11.4 Å². The largest absolute Gasteiger partial charge is 0.353 e. The molecule has 0 saturated carbocycles. The number of nitrogens with zero attached hydrogens (tertiary/aromatic N) is 7. The predicted octanol–water partition coefficient (Wildman–Crippen LogP) is 2.88. The second kappa shape index (κ2) is 9.17. The molecule has 4 heterocycles. The highest BCUT2D eigenvalue weighted by Crippen LogP contribution is 2.22. The molecule has 3 aromatic heterocycles. The first-order valence-electron chi connectivity index (χ1n) is 10.5. The minimum Gasteiger partial charge on any atom is -0.353 e. The van der Waals surface area contributed by atoms with Crippen LogP contribution in [0.3, 0.4) is 0 Å². The summed E-state index contributed by atoms with van der Waals surface area (Å²) < 4.78 is 0. The van der Waals surface area contributed by atoms with Crippen molar-refractivity contribution in [1.82, 2.24) is 24.8 Å². The molecule has 30 heavy (non-hydrogen) atoms. The third-order valence-electron chi connectivity index (χ3n) is 5.30. The summed E-state index contributed by atoms with van der Waals surface area (Å²) in [6.07, 6.45) is 6.44. The van der Waals surface area contributed by atoms with E-state index in [2.05, 4.69) is 63.9 Å².